The van der Waals surface area contributed by atoms with Gasteiger partial charge in [-0.1, -0.05) is 18.2 Å². The van der Waals surface area contributed by atoms with Crippen molar-refractivity contribution in [1.82, 2.24) is 9.27 Å². The zero-order valence-corrected chi connectivity index (χ0v) is 18.4. The van der Waals surface area contributed by atoms with Crippen molar-refractivity contribution in [3.8, 4) is 11.5 Å². The summed E-state index contributed by atoms with van der Waals surface area (Å²) in [6, 6.07) is 13.9. The van der Waals surface area contributed by atoms with Crippen molar-refractivity contribution in [2.24, 2.45) is 0 Å². The molecule has 0 atom stereocenters. The number of hydrogen-bond donors (Lipinski definition) is 0. The molecule has 4 rings (SSSR count). The van der Waals surface area contributed by atoms with Gasteiger partial charge in [0.05, 0.1) is 24.1 Å². The Hall–Kier alpha value is -2.44. The number of likely N-dealkylation sites (tertiary alicyclic amines) is 1. The van der Waals surface area contributed by atoms with Crippen LogP contribution in [0.15, 0.2) is 42.5 Å². The predicted octanol–water partition coefficient (Wildman–Crippen LogP) is 5.16. The fourth-order valence-electron chi connectivity index (χ4n) is 4.11. The van der Waals surface area contributed by atoms with Gasteiger partial charge >= 0.3 is 0 Å². The van der Waals surface area contributed by atoms with Gasteiger partial charge in [0.1, 0.15) is 0 Å². The van der Waals surface area contributed by atoms with Crippen molar-refractivity contribution in [3.63, 3.8) is 0 Å². The molecule has 1 aromatic heterocycles. The van der Waals surface area contributed by atoms with E-state index in [1.807, 2.05) is 6.07 Å². The number of rotatable bonds is 8. The molecule has 30 heavy (non-hydrogen) atoms. The Morgan fingerprint density at radius 1 is 1.17 bits per heavy atom. The molecule has 1 fully saturated rings. The Balaban J connectivity index is 1.23. The topological polar surface area (TPSA) is 51.7 Å². The molecule has 2 heterocycles. The fourth-order valence-corrected chi connectivity index (χ4v) is 4.96. The minimum Gasteiger partial charge on any atom is -0.493 e. The molecular formula is C24H28N2O3S. The number of Topliss-reactive ketones (excluding diaryl/α,β-unsaturated/α-hetero) is 1. The minimum atomic E-state index is 0.0221. The summed E-state index contributed by atoms with van der Waals surface area (Å²) in [6.45, 7) is 5.42. The molecule has 1 aliphatic heterocycles. The van der Waals surface area contributed by atoms with Crippen molar-refractivity contribution in [3.05, 3.63) is 53.7 Å². The quantitative estimate of drug-likeness (QED) is 0.369. The number of fused-ring (bicyclic) bond motifs is 1. The summed E-state index contributed by atoms with van der Waals surface area (Å²) in [7, 11) is 1.60. The number of ether oxygens (including phenoxy) is 2. The maximum absolute atomic E-state index is 11.5. The molecular weight excluding hydrogens is 396 g/mol. The molecule has 3 aromatic rings. The summed E-state index contributed by atoms with van der Waals surface area (Å²) < 4.78 is 17.3. The Bertz CT molecular complexity index is 1010. The fraction of sp³-hybridized carbons (Fsp3) is 0.417. The normalized spacial score (nSPS) is 15.4. The van der Waals surface area contributed by atoms with Gasteiger partial charge in [-0.15, -0.1) is 0 Å². The van der Waals surface area contributed by atoms with Gasteiger partial charge in [-0.3, -0.25) is 4.79 Å². The summed E-state index contributed by atoms with van der Waals surface area (Å²) in [6.07, 6.45) is 3.28. The number of carbonyl (C=O) groups is 1. The van der Waals surface area contributed by atoms with Gasteiger partial charge in [-0.05, 0) is 75.1 Å². The smallest absolute Gasteiger partial charge is 0.161 e. The van der Waals surface area contributed by atoms with Crippen LogP contribution in [0.1, 0.15) is 48.2 Å². The molecule has 0 N–H and O–H groups in total. The third kappa shape index (κ3) is 4.65. The van der Waals surface area contributed by atoms with E-state index in [0.29, 0.717) is 29.6 Å². The van der Waals surface area contributed by atoms with Gasteiger partial charge in [-0.25, -0.2) is 0 Å². The van der Waals surface area contributed by atoms with Gasteiger partial charge in [0.15, 0.2) is 17.3 Å². The molecule has 0 radical (unpaired) electrons. The molecule has 0 spiro atoms. The maximum atomic E-state index is 11.5. The molecule has 0 unspecified atom stereocenters. The Labute approximate surface area is 181 Å². The van der Waals surface area contributed by atoms with Crippen molar-refractivity contribution >= 4 is 27.4 Å². The van der Waals surface area contributed by atoms with Crippen molar-refractivity contribution in [2.45, 2.75) is 32.1 Å². The summed E-state index contributed by atoms with van der Waals surface area (Å²) in [5.74, 6) is 1.89. The van der Waals surface area contributed by atoms with Crippen LogP contribution in [-0.4, -0.2) is 48.4 Å². The van der Waals surface area contributed by atoms with E-state index >= 15 is 0 Å². The highest BCUT2D eigenvalue weighted by Gasteiger charge is 2.23. The van der Waals surface area contributed by atoms with Gasteiger partial charge in [0, 0.05) is 23.4 Å². The van der Waals surface area contributed by atoms with E-state index in [1.54, 1.807) is 37.7 Å². The summed E-state index contributed by atoms with van der Waals surface area (Å²) in [4.78, 5) is 14.0. The molecule has 1 aliphatic rings. The first kappa shape index (κ1) is 20.8. The van der Waals surface area contributed by atoms with E-state index in [-0.39, 0.29) is 5.78 Å². The number of aromatic nitrogens is 1. The lowest BCUT2D eigenvalue weighted by molar-refractivity contribution is 0.101. The zero-order valence-electron chi connectivity index (χ0n) is 17.6. The predicted molar refractivity (Wildman–Crippen MR) is 121 cm³/mol. The number of ketones is 1. The first-order valence-electron chi connectivity index (χ1n) is 10.5. The molecule has 0 amide bonds. The van der Waals surface area contributed by atoms with Crippen LogP contribution >= 0.6 is 11.5 Å². The first-order chi connectivity index (χ1) is 14.7. The lowest BCUT2D eigenvalue weighted by Crippen LogP contribution is -2.34. The van der Waals surface area contributed by atoms with E-state index in [0.717, 1.165) is 38.9 Å². The first-order valence-corrected chi connectivity index (χ1v) is 11.3. The van der Waals surface area contributed by atoms with Crippen LogP contribution < -0.4 is 9.47 Å². The zero-order chi connectivity index (χ0) is 20.9. The molecule has 1 saturated heterocycles. The number of carbonyl (C=O) groups excluding carboxylic acids is 1. The molecule has 2 aromatic carbocycles. The van der Waals surface area contributed by atoms with E-state index in [1.165, 1.54) is 15.8 Å². The highest BCUT2D eigenvalue weighted by molar-refractivity contribution is 7.13. The number of hydrogen-bond acceptors (Lipinski definition) is 6. The van der Waals surface area contributed by atoms with Crippen LogP contribution in [0, 0.1) is 0 Å². The number of piperidine rings is 1. The second-order valence-electron chi connectivity index (χ2n) is 7.80. The molecule has 5 nitrogen and oxygen atoms in total. The number of methoxy groups -OCH3 is 1. The number of benzene rings is 2. The monoisotopic (exact) mass is 424 g/mol. The molecule has 0 bridgehead atoms. The van der Waals surface area contributed by atoms with E-state index in [4.69, 9.17) is 13.8 Å². The Morgan fingerprint density at radius 2 is 1.97 bits per heavy atom. The highest BCUT2D eigenvalue weighted by Crippen LogP contribution is 2.34. The summed E-state index contributed by atoms with van der Waals surface area (Å²) in [5, 5.41) is 1.33. The van der Waals surface area contributed by atoms with Gasteiger partial charge in [0.25, 0.3) is 0 Å². The Kier molecular flexibility index (Phi) is 6.65. The van der Waals surface area contributed by atoms with Gasteiger partial charge < -0.3 is 14.4 Å². The molecule has 158 valence electrons. The Morgan fingerprint density at radius 3 is 2.73 bits per heavy atom. The minimum absolute atomic E-state index is 0.0221. The van der Waals surface area contributed by atoms with Gasteiger partial charge in [-0.2, -0.15) is 4.37 Å². The SMILES string of the molecule is COc1cc(C(C)=O)ccc1OCCCN1CCC(c2nsc3ccccc23)CC1. The second kappa shape index (κ2) is 9.58. The lowest BCUT2D eigenvalue weighted by Gasteiger charge is -2.31. The van der Waals surface area contributed by atoms with Crippen LogP contribution in [0.3, 0.4) is 0 Å². The standard InChI is InChI=1S/C24H28N2O3S/c1-17(27)19-8-9-21(22(16-19)28-2)29-15-5-12-26-13-10-18(11-14-26)24-20-6-3-4-7-23(20)30-25-24/h3-4,6-9,16,18H,5,10-15H2,1-2H3. The molecule has 0 saturated carbocycles. The summed E-state index contributed by atoms with van der Waals surface area (Å²) in [5.41, 5.74) is 1.93. The third-order valence-corrected chi connectivity index (χ3v) is 6.67. The maximum Gasteiger partial charge on any atom is 0.161 e. The third-order valence-electron chi connectivity index (χ3n) is 5.83. The second-order valence-corrected chi connectivity index (χ2v) is 8.61. The van der Waals surface area contributed by atoms with Crippen molar-refractivity contribution < 1.29 is 14.3 Å². The average molecular weight is 425 g/mol. The largest absolute Gasteiger partial charge is 0.493 e. The van der Waals surface area contributed by atoms with E-state index < -0.39 is 0 Å². The van der Waals surface area contributed by atoms with Crippen LogP contribution in [0.5, 0.6) is 11.5 Å². The van der Waals surface area contributed by atoms with Crippen molar-refractivity contribution in [2.75, 3.05) is 33.4 Å². The lowest BCUT2D eigenvalue weighted by atomic mass is 9.91. The van der Waals surface area contributed by atoms with Crippen LogP contribution in [0.25, 0.3) is 10.1 Å². The van der Waals surface area contributed by atoms with E-state index in [9.17, 15) is 4.79 Å². The number of nitrogens with zero attached hydrogens (tertiary/aromatic N) is 2. The van der Waals surface area contributed by atoms with Crippen LogP contribution in [0.2, 0.25) is 0 Å². The summed E-state index contributed by atoms with van der Waals surface area (Å²) >= 11 is 1.62. The van der Waals surface area contributed by atoms with Crippen LogP contribution in [-0.2, 0) is 0 Å². The molecule has 6 heteroatoms. The highest BCUT2D eigenvalue weighted by atomic mass is 32.1. The van der Waals surface area contributed by atoms with Crippen LogP contribution in [0.4, 0.5) is 0 Å². The van der Waals surface area contributed by atoms with Crippen molar-refractivity contribution in [1.29, 1.82) is 0 Å². The molecule has 0 aliphatic carbocycles. The van der Waals surface area contributed by atoms with Gasteiger partial charge in [0.2, 0.25) is 0 Å². The van der Waals surface area contributed by atoms with E-state index in [2.05, 4.69) is 29.2 Å². The average Bonchev–Trinajstić information content (AvgIpc) is 3.21.